The zero-order valence-corrected chi connectivity index (χ0v) is 16.4. The first-order valence-electron chi connectivity index (χ1n) is 10.2. The average molecular weight is 391 g/mol. The average Bonchev–Trinajstić information content (AvgIpc) is 3.41. The number of aryl methyl sites for hydroxylation is 3. The molecule has 0 fully saturated rings. The molecular formula is C23H25N3O3. The number of ether oxygens (including phenoxy) is 1. The molecule has 1 N–H and O–H groups in total. The van der Waals surface area contributed by atoms with Crippen LogP contribution in [0.4, 0.5) is 0 Å². The molecule has 0 atom stereocenters. The standard InChI is InChI=1S/C23H25N3O3/c27-21(24-14-15-28-20-13-12-17-8-4-9-19(17)16-20)10-5-11-22-25-26-23(29-22)18-6-2-1-3-7-18/h1-3,6-7,12-13,16H,4-5,8-11,14-15H2,(H,24,27). The Morgan fingerprint density at radius 1 is 1.07 bits per heavy atom. The second-order valence-corrected chi connectivity index (χ2v) is 7.20. The molecule has 0 saturated carbocycles. The number of carbonyl (C=O) groups excluding carboxylic acids is 1. The van der Waals surface area contributed by atoms with Crippen LogP contribution >= 0.6 is 0 Å². The third-order valence-electron chi connectivity index (χ3n) is 5.04. The molecule has 0 saturated heterocycles. The summed E-state index contributed by atoms with van der Waals surface area (Å²) >= 11 is 0. The summed E-state index contributed by atoms with van der Waals surface area (Å²) in [5.74, 6) is 1.95. The Bertz CT molecular complexity index is 953. The summed E-state index contributed by atoms with van der Waals surface area (Å²) in [6, 6.07) is 15.9. The van der Waals surface area contributed by atoms with Gasteiger partial charge in [0.1, 0.15) is 12.4 Å². The lowest BCUT2D eigenvalue weighted by Gasteiger charge is -2.09. The number of fused-ring (bicyclic) bond motifs is 1. The summed E-state index contributed by atoms with van der Waals surface area (Å²) in [7, 11) is 0. The molecule has 1 aliphatic carbocycles. The first-order chi connectivity index (χ1) is 14.3. The van der Waals surface area contributed by atoms with Crippen molar-refractivity contribution in [3.8, 4) is 17.2 Å². The van der Waals surface area contributed by atoms with Crippen LogP contribution < -0.4 is 10.1 Å². The number of amides is 1. The summed E-state index contributed by atoms with van der Waals surface area (Å²) in [5, 5.41) is 11.0. The molecule has 6 heteroatoms. The minimum absolute atomic E-state index is 0.00496. The van der Waals surface area contributed by atoms with E-state index >= 15 is 0 Å². The Kier molecular flexibility index (Phi) is 6.19. The van der Waals surface area contributed by atoms with Crippen molar-refractivity contribution in [1.82, 2.24) is 15.5 Å². The third kappa shape index (κ3) is 5.22. The second kappa shape index (κ2) is 9.37. The van der Waals surface area contributed by atoms with Gasteiger partial charge < -0.3 is 14.5 Å². The van der Waals surface area contributed by atoms with Crippen molar-refractivity contribution in [2.45, 2.75) is 38.5 Å². The minimum Gasteiger partial charge on any atom is -0.492 e. The Morgan fingerprint density at radius 2 is 1.93 bits per heavy atom. The van der Waals surface area contributed by atoms with Gasteiger partial charge in [0.2, 0.25) is 17.7 Å². The molecule has 4 rings (SSSR count). The van der Waals surface area contributed by atoms with Gasteiger partial charge in [0.25, 0.3) is 0 Å². The molecule has 6 nitrogen and oxygen atoms in total. The quantitative estimate of drug-likeness (QED) is 0.562. The van der Waals surface area contributed by atoms with Crippen LogP contribution in [0.1, 0.15) is 36.3 Å². The number of carbonyl (C=O) groups is 1. The van der Waals surface area contributed by atoms with E-state index in [1.165, 1.54) is 24.0 Å². The molecule has 0 aliphatic heterocycles. The largest absolute Gasteiger partial charge is 0.492 e. The lowest BCUT2D eigenvalue weighted by Crippen LogP contribution is -2.27. The highest BCUT2D eigenvalue weighted by Crippen LogP contribution is 2.25. The van der Waals surface area contributed by atoms with Gasteiger partial charge >= 0.3 is 0 Å². The lowest BCUT2D eigenvalue weighted by atomic mass is 10.1. The molecule has 2 aromatic carbocycles. The molecule has 1 heterocycles. The zero-order chi connectivity index (χ0) is 19.9. The lowest BCUT2D eigenvalue weighted by molar-refractivity contribution is -0.121. The van der Waals surface area contributed by atoms with E-state index in [-0.39, 0.29) is 5.91 Å². The summed E-state index contributed by atoms with van der Waals surface area (Å²) in [4.78, 5) is 12.0. The molecule has 150 valence electrons. The normalized spacial score (nSPS) is 12.6. The molecule has 29 heavy (non-hydrogen) atoms. The van der Waals surface area contributed by atoms with Gasteiger partial charge in [-0.2, -0.15) is 0 Å². The fourth-order valence-electron chi connectivity index (χ4n) is 3.54. The van der Waals surface area contributed by atoms with Crippen LogP contribution in [-0.4, -0.2) is 29.3 Å². The summed E-state index contributed by atoms with van der Waals surface area (Å²) < 4.78 is 11.4. The summed E-state index contributed by atoms with van der Waals surface area (Å²) in [6.07, 6.45) is 5.19. The van der Waals surface area contributed by atoms with Gasteiger partial charge in [-0.05, 0) is 61.1 Å². The molecule has 1 aromatic heterocycles. The van der Waals surface area contributed by atoms with Crippen LogP contribution in [0.15, 0.2) is 52.9 Å². The van der Waals surface area contributed by atoms with Crippen molar-refractivity contribution >= 4 is 5.91 Å². The SMILES string of the molecule is O=C(CCCc1nnc(-c2ccccc2)o1)NCCOc1ccc2c(c1)CCC2. The number of nitrogens with zero attached hydrogens (tertiary/aromatic N) is 2. The zero-order valence-electron chi connectivity index (χ0n) is 16.4. The van der Waals surface area contributed by atoms with E-state index < -0.39 is 0 Å². The minimum atomic E-state index is 0.00496. The van der Waals surface area contributed by atoms with Gasteiger partial charge in [0, 0.05) is 18.4 Å². The Hall–Kier alpha value is -3.15. The fraction of sp³-hybridized carbons (Fsp3) is 0.348. The Balaban J connectivity index is 1.12. The van der Waals surface area contributed by atoms with Crippen LogP contribution in [0.2, 0.25) is 0 Å². The van der Waals surface area contributed by atoms with Crippen molar-refractivity contribution in [2.24, 2.45) is 0 Å². The number of nitrogens with one attached hydrogen (secondary N) is 1. The number of benzene rings is 2. The van der Waals surface area contributed by atoms with Gasteiger partial charge in [0.05, 0.1) is 6.54 Å². The van der Waals surface area contributed by atoms with Crippen LogP contribution in [0, 0.1) is 0 Å². The predicted molar refractivity (Wildman–Crippen MR) is 110 cm³/mol. The van der Waals surface area contributed by atoms with E-state index in [1.807, 2.05) is 36.4 Å². The van der Waals surface area contributed by atoms with E-state index in [4.69, 9.17) is 9.15 Å². The highest BCUT2D eigenvalue weighted by Gasteiger charge is 2.11. The monoisotopic (exact) mass is 391 g/mol. The smallest absolute Gasteiger partial charge is 0.247 e. The topological polar surface area (TPSA) is 77.2 Å². The third-order valence-corrected chi connectivity index (χ3v) is 5.04. The molecule has 0 spiro atoms. The number of hydrogen-bond donors (Lipinski definition) is 1. The first-order valence-corrected chi connectivity index (χ1v) is 10.2. The Labute approximate surface area is 170 Å². The van der Waals surface area contributed by atoms with E-state index in [2.05, 4.69) is 27.6 Å². The molecule has 0 radical (unpaired) electrons. The molecule has 1 aliphatic rings. The Morgan fingerprint density at radius 3 is 2.83 bits per heavy atom. The fourth-order valence-corrected chi connectivity index (χ4v) is 3.54. The molecule has 0 bridgehead atoms. The maximum Gasteiger partial charge on any atom is 0.247 e. The van der Waals surface area contributed by atoms with E-state index in [1.54, 1.807) is 0 Å². The predicted octanol–water partition coefficient (Wildman–Crippen LogP) is 3.74. The van der Waals surface area contributed by atoms with Gasteiger partial charge in [0.15, 0.2) is 0 Å². The van der Waals surface area contributed by atoms with E-state index in [9.17, 15) is 4.79 Å². The maximum atomic E-state index is 12.0. The molecule has 0 unspecified atom stereocenters. The van der Waals surface area contributed by atoms with Gasteiger partial charge in [-0.3, -0.25) is 4.79 Å². The second-order valence-electron chi connectivity index (χ2n) is 7.20. The molecule has 1 amide bonds. The molecular weight excluding hydrogens is 366 g/mol. The van der Waals surface area contributed by atoms with Crippen LogP contribution in [0.25, 0.3) is 11.5 Å². The highest BCUT2D eigenvalue weighted by molar-refractivity contribution is 5.75. The van der Waals surface area contributed by atoms with Crippen molar-refractivity contribution < 1.29 is 13.9 Å². The highest BCUT2D eigenvalue weighted by atomic mass is 16.5. The number of hydrogen-bond acceptors (Lipinski definition) is 5. The van der Waals surface area contributed by atoms with Gasteiger partial charge in [-0.25, -0.2) is 0 Å². The van der Waals surface area contributed by atoms with Crippen LogP contribution in [-0.2, 0) is 24.1 Å². The van der Waals surface area contributed by atoms with Crippen molar-refractivity contribution in [2.75, 3.05) is 13.2 Å². The number of rotatable bonds is 9. The van der Waals surface area contributed by atoms with Gasteiger partial charge in [-0.1, -0.05) is 24.3 Å². The van der Waals surface area contributed by atoms with Crippen molar-refractivity contribution in [3.05, 3.63) is 65.5 Å². The van der Waals surface area contributed by atoms with Crippen molar-refractivity contribution in [3.63, 3.8) is 0 Å². The number of aromatic nitrogens is 2. The summed E-state index contributed by atoms with van der Waals surface area (Å²) in [6.45, 7) is 0.962. The van der Waals surface area contributed by atoms with Gasteiger partial charge in [-0.15, -0.1) is 10.2 Å². The maximum absolute atomic E-state index is 12.0. The van der Waals surface area contributed by atoms with E-state index in [0.717, 1.165) is 17.7 Å². The van der Waals surface area contributed by atoms with Crippen molar-refractivity contribution in [1.29, 1.82) is 0 Å². The summed E-state index contributed by atoms with van der Waals surface area (Å²) in [5.41, 5.74) is 3.72. The first kappa shape index (κ1) is 19.2. The van der Waals surface area contributed by atoms with E-state index in [0.29, 0.717) is 44.2 Å². The molecule has 3 aromatic rings. The van der Waals surface area contributed by atoms with Crippen LogP contribution in [0.3, 0.4) is 0 Å². The van der Waals surface area contributed by atoms with Crippen LogP contribution in [0.5, 0.6) is 5.75 Å².